The summed E-state index contributed by atoms with van der Waals surface area (Å²) in [5, 5.41) is 10.6. The van der Waals surface area contributed by atoms with Crippen LogP contribution in [-0.2, 0) is 9.53 Å². The predicted octanol–water partition coefficient (Wildman–Crippen LogP) is 1.81. The minimum atomic E-state index is -1.09. The number of hydrogen-bond donors (Lipinski definition) is 1. The normalized spacial score (nSPS) is 18.4. The molecule has 1 saturated heterocycles. The number of halogens is 1. The van der Waals surface area contributed by atoms with Gasteiger partial charge in [0.15, 0.2) is 6.04 Å². The number of aliphatic carboxylic acids is 1. The van der Waals surface area contributed by atoms with Crippen molar-refractivity contribution < 1.29 is 19.4 Å². The molecule has 1 unspecified atom stereocenters. The van der Waals surface area contributed by atoms with E-state index in [2.05, 4.69) is 4.98 Å². The van der Waals surface area contributed by atoms with Gasteiger partial charge in [0.25, 0.3) is 5.91 Å². The summed E-state index contributed by atoms with van der Waals surface area (Å²) in [5.41, 5.74) is 0.793. The lowest BCUT2D eigenvalue weighted by atomic mass is 10.1. The molecule has 0 saturated carbocycles. The van der Waals surface area contributed by atoms with Crippen LogP contribution in [-0.4, -0.2) is 52.7 Å². The number of benzene rings is 1. The van der Waals surface area contributed by atoms with E-state index in [1.165, 1.54) is 4.90 Å². The van der Waals surface area contributed by atoms with Crippen LogP contribution in [0.5, 0.6) is 0 Å². The topological polar surface area (TPSA) is 79.7 Å². The van der Waals surface area contributed by atoms with Gasteiger partial charge in [0, 0.05) is 17.0 Å². The number of morpholine rings is 1. The van der Waals surface area contributed by atoms with Crippen LogP contribution in [0.25, 0.3) is 10.9 Å². The average molecular weight is 321 g/mol. The Morgan fingerprint density at radius 2 is 2.09 bits per heavy atom. The molecule has 1 atom stereocenters. The molecular weight excluding hydrogens is 308 g/mol. The Hall–Kier alpha value is -2.18. The summed E-state index contributed by atoms with van der Waals surface area (Å²) in [6.07, 6.45) is 0. The number of carboxylic acids is 1. The number of carboxylic acid groups (broad SMARTS) is 1. The molecule has 7 heteroatoms. The summed E-state index contributed by atoms with van der Waals surface area (Å²) in [6, 6.07) is 7.60. The zero-order valence-corrected chi connectivity index (χ0v) is 12.3. The summed E-state index contributed by atoms with van der Waals surface area (Å²) >= 11 is 5.93. The minimum absolute atomic E-state index is 0.0134. The molecule has 0 aliphatic carbocycles. The molecule has 0 bridgehead atoms. The molecule has 1 aliphatic heterocycles. The summed E-state index contributed by atoms with van der Waals surface area (Å²) in [5.74, 6) is -1.51. The highest BCUT2D eigenvalue weighted by Crippen LogP contribution is 2.19. The largest absolute Gasteiger partial charge is 0.480 e. The van der Waals surface area contributed by atoms with Gasteiger partial charge in [-0.2, -0.15) is 0 Å². The van der Waals surface area contributed by atoms with Crippen molar-refractivity contribution in [2.45, 2.75) is 6.04 Å². The molecule has 6 nitrogen and oxygen atoms in total. The van der Waals surface area contributed by atoms with E-state index in [1.54, 1.807) is 24.3 Å². The molecule has 3 rings (SSSR count). The fraction of sp³-hybridized carbons (Fsp3) is 0.267. The van der Waals surface area contributed by atoms with E-state index in [1.807, 2.05) is 6.07 Å². The maximum absolute atomic E-state index is 12.6. The number of amides is 1. The monoisotopic (exact) mass is 320 g/mol. The summed E-state index contributed by atoms with van der Waals surface area (Å²) in [4.78, 5) is 29.4. The maximum Gasteiger partial charge on any atom is 0.328 e. The van der Waals surface area contributed by atoms with Crippen LogP contribution >= 0.6 is 11.6 Å². The van der Waals surface area contributed by atoms with Gasteiger partial charge in [-0.15, -0.1) is 0 Å². The van der Waals surface area contributed by atoms with Crippen LogP contribution in [0.3, 0.4) is 0 Å². The van der Waals surface area contributed by atoms with Gasteiger partial charge in [-0.1, -0.05) is 23.7 Å². The Balaban J connectivity index is 1.95. The van der Waals surface area contributed by atoms with Gasteiger partial charge in [0.05, 0.1) is 18.7 Å². The number of ether oxygens (including phenoxy) is 1. The van der Waals surface area contributed by atoms with Crippen LogP contribution in [0, 0.1) is 0 Å². The first-order valence-electron chi connectivity index (χ1n) is 6.74. The van der Waals surface area contributed by atoms with E-state index in [4.69, 9.17) is 16.3 Å². The molecule has 1 aliphatic rings. The zero-order chi connectivity index (χ0) is 15.7. The van der Waals surface area contributed by atoms with Crippen molar-refractivity contribution in [3.05, 3.63) is 41.0 Å². The quantitative estimate of drug-likeness (QED) is 0.913. The highest BCUT2D eigenvalue weighted by Gasteiger charge is 2.33. The van der Waals surface area contributed by atoms with Gasteiger partial charge < -0.3 is 14.7 Å². The molecule has 0 spiro atoms. The highest BCUT2D eigenvalue weighted by molar-refractivity contribution is 6.31. The van der Waals surface area contributed by atoms with Crippen LogP contribution < -0.4 is 0 Å². The second kappa shape index (κ2) is 5.90. The third-order valence-corrected chi connectivity index (χ3v) is 3.78. The van der Waals surface area contributed by atoms with Crippen molar-refractivity contribution in [3.8, 4) is 0 Å². The Kier molecular flexibility index (Phi) is 3.96. The second-order valence-corrected chi connectivity index (χ2v) is 5.40. The van der Waals surface area contributed by atoms with Crippen molar-refractivity contribution >= 4 is 34.4 Å². The Bertz CT molecular complexity index is 749. The van der Waals surface area contributed by atoms with Crippen LogP contribution in [0.1, 0.15) is 10.5 Å². The fourth-order valence-electron chi connectivity index (χ4n) is 2.41. The molecule has 1 fully saturated rings. The smallest absolute Gasteiger partial charge is 0.328 e. The number of aromatic nitrogens is 1. The number of pyridine rings is 1. The van der Waals surface area contributed by atoms with Crippen molar-refractivity contribution in [1.82, 2.24) is 9.88 Å². The molecule has 2 heterocycles. The van der Waals surface area contributed by atoms with E-state index in [0.29, 0.717) is 17.1 Å². The Morgan fingerprint density at radius 1 is 1.32 bits per heavy atom. The number of carbonyl (C=O) groups excluding carboxylic acids is 1. The zero-order valence-electron chi connectivity index (χ0n) is 11.5. The average Bonchev–Trinajstić information content (AvgIpc) is 2.53. The van der Waals surface area contributed by atoms with Crippen molar-refractivity contribution in [3.63, 3.8) is 0 Å². The maximum atomic E-state index is 12.6. The standard InChI is InChI=1S/C15H13ClN2O4/c16-10-3-1-9-2-4-11(17-12(9)7-10)14(19)18-5-6-22-8-13(18)15(20)21/h1-4,7,13H,5-6,8H2,(H,20,21). The third-order valence-electron chi connectivity index (χ3n) is 3.55. The molecule has 1 aromatic heterocycles. The van der Waals surface area contributed by atoms with E-state index in [-0.39, 0.29) is 18.8 Å². The van der Waals surface area contributed by atoms with Crippen LogP contribution in [0.2, 0.25) is 5.02 Å². The van der Waals surface area contributed by atoms with Gasteiger partial charge in [-0.05, 0) is 18.2 Å². The van der Waals surface area contributed by atoms with E-state index < -0.39 is 17.9 Å². The van der Waals surface area contributed by atoms with Gasteiger partial charge >= 0.3 is 5.97 Å². The molecule has 114 valence electrons. The van der Waals surface area contributed by atoms with Gasteiger partial charge in [0.2, 0.25) is 0 Å². The first-order chi connectivity index (χ1) is 10.6. The molecule has 2 aromatic rings. The second-order valence-electron chi connectivity index (χ2n) is 4.96. The highest BCUT2D eigenvalue weighted by atomic mass is 35.5. The molecular formula is C15H13ClN2O4. The van der Waals surface area contributed by atoms with Crippen LogP contribution in [0.4, 0.5) is 0 Å². The lowest BCUT2D eigenvalue weighted by Crippen LogP contribution is -2.52. The SMILES string of the molecule is O=C(O)C1COCCN1C(=O)c1ccc2ccc(Cl)cc2n1. The summed E-state index contributed by atoms with van der Waals surface area (Å²) in [6.45, 7) is 0.528. The predicted molar refractivity (Wildman–Crippen MR) is 80.0 cm³/mol. The Morgan fingerprint density at radius 3 is 2.86 bits per heavy atom. The molecule has 22 heavy (non-hydrogen) atoms. The molecule has 1 aromatic carbocycles. The van der Waals surface area contributed by atoms with Crippen molar-refractivity contribution in [2.24, 2.45) is 0 Å². The lowest BCUT2D eigenvalue weighted by Gasteiger charge is -2.32. The first-order valence-corrected chi connectivity index (χ1v) is 7.12. The number of fused-ring (bicyclic) bond motifs is 1. The number of hydrogen-bond acceptors (Lipinski definition) is 4. The lowest BCUT2D eigenvalue weighted by molar-refractivity contribution is -0.147. The molecule has 1 amide bonds. The summed E-state index contributed by atoms with van der Waals surface area (Å²) in [7, 11) is 0. The Labute approximate surface area is 131 Å². The van der Waals surface area contributed by atoms with Gasteiger partial charge in [-0.3, -0.25) is 4.79 Å². The van der Waals surface area contributed by atoms with Crippen LogP contribution in [0.15, 0.2) is 30.3 Å². The van der Waals surface area contributed by atoms with Gasteiger partial charge in [-0.25, -0.2) is 9.78 Å². The van der Waals surface area contributed by atoms with E-state index >= 15 is 0 Å². The van der Waals surface area contributed by atoms with E-state index in [9.17, 15) is 14.7 Å². The molecule has 1 N–H and O–H groups in total. The van der Waals surface area contributed by atoms with E-state index in [0.717, 1.165) is 5.39 Å². The number of nitrogens with zero attached hydrogens (tertiary/aromatic N) is 2. The number of rotatable bonds is 2. The minimum Gasteiger partial charge on any atom is -0.480 e. The fourth-order valence-corrected chi connectivity index (χ4v) is 2.57. The number of carbonyl (C=O) groups is 2. The van der Waals surface area contributed by atoms with Gasteiger partial charge in [0.1, 0.15) is 5.69 Å². The first kappa shape index (κ1) is 14.7. The van der Waals surface area contributed by atoms with Crippen molar-refractivity contribution in [2.75, 3.05) is 19.8 Å². The molecule has 0 radical (unpaired) electrons. The third kappa shape index (κ3) is 2.75. The van der Waals surface area contributed by atoms with Crippen molar-refractivity contribution in [1.29, 1.82) is 0 Å². The summed E-state index contributed by atoms with van der Waals surface area (Å²) < 4.78 is 5.13.